The maximum atomic E-state index is 14.1. The van der Waals surface area contributed by atoms with Crippen LogP contribution in [0.4, 0.5) is 4.39 Å². The minimum absolute atomic E-state index is 0.0257. The predicted octanol–water partition coefficient (Wildman–Crippen LogP) is 5.79. The van der Waals surface area contributed by atoms with Crippen LogP contribution in [0, 0.1) is 12.7 Å². The predicted molar refractivity (Wildman–Crippen MR) is 127 cm³/mol. The first kappa shape index (κ1) is 24.0. The molecule has 1 saturated heterocycles. The zero-order valence-corrected chi connectivity index (χ0v) is 20.1. The third-order valence-corrected chi connectivity index (χ3v) is 8.85. The summed E-state index contributed by atoms with van der Waals surface area (Å²) in [4.78, 5) is 11.4. The van der Waals surface area contributed by atoms with Gasteiger partial charge in [-0.2, -0.15) is 4.31 Å². The zero-order chi connectivity index (χ0) is 23.9. The quantitative estimate of drug-likeness (QED) is 0.472. The average molecular weight is 510 g/mol. The number of fused-ring (bicyclic) bond motifs is 1. The highest BCUT2D eigenvalue weighted by Crippen LogP contribution is 2.39. The van der Waals surface area contributed by atoms with E-state index in [0.29, 0.717) is 18.4 Å². The fourth-order valence-electron chi connectivity index (χ4n) is 4.63. The van der Waals surface area contributed by atoms with Crippen molar-refractivity contribution in [1.29, 1.82) is 0 Å². The Labute approximate surface area is 201 Å². The fourth-order valence-corrected chi connectivity index (χ4v) is 6.84. The van der Waals surface area contributed by atoms with E-state index < -0.39 is 16.0 Å². The molecule has 0 aliphatic carbocycles. The molecule has 1 heterocycles. The molecule has 0 atom stereocenters. The molecule has 174 valence electrons. The van der Waals surface area contributed by atoms with Crippen LogP contribution in [0.15, 0.2) is 47.4 Å². The van der Waals surface area contributed by atoms with Crippen molar-refractivity contribution < 1.29 is 22.7 Å². The Kier molecular flexibility index (Phi) is 6.69. The van der Waals surface area contributed by atoms with Crippen molar-refractivity contribution in [1.82, 2.24) is 4.31 Å². The molecule has 1 aliphatic rings. The number of sulfonamides is 1. The van der Waals surface area contributed by atoms with Crippen LogP contribution in [0.25, 0.3) is 10.8 Å². The van der Waals surface area contributed by atoms with Crippen molar-refractivity contribution in [2.75, 3.05) is 13.1 Å². The molecule has 0 radical (unpaired) electrons. The van der Waals surface area contributed by atoms with Crippen LogP contribution >= 0.6 is 23.2 Å². The van der Waals surface area contributed by atoms with Crippen molar-refractivity contribution in [3.05, 3.63) is 75.0 Å². The Morgan fingerprint density at radius 2 is 1.82 bits per heavy atom. The van der Waals surface area contributed by atoms with Gasteiger partial charge in [0.25, 0.3) is 0 Å². The second kappa shape index (κ2) is 9.22. The molecule has 0 saturated carbocycles. The van der Waals surface area contributed by atoms with Gasteiger partial charge in [-0.3, -0.25) is 4.79 Å². The summed E-state index contributed by atoms with van der Waals surface area (Å²) in [5.74, 6) is -1.35. The largest absolute Gasteiger partial charge is 0.481 e. The number of halogens is 3. The van der Waals surface area contributed by atoms with Gasteiger partial charge in [0.15, 0.2) is 0 Å². The third kappa shape index (κ3) is 4.73. The van der Waals surface area contributed by atoms with Crippen LogP contribution in [0.5, 0.6) is 0 Å². The minimum atomic E-state index is -3.82. The van der Waals surface area contributed by atoms with Gasteiger partial charge in [0.05, 0.1) is 11.4 Å². The summed E-state index contributed by atoms with van der Waals surface area (Å²) in [5, 5.41) is 11.2. The lowest BCUT2D eigenvalue weighted by molar-refractivity contribution is -0.136. The van der Waals surface area contributed by atoms with E-state index in [1.54, 1.807) is 12.1 Å². The summed E-state index contributed by atoms with van der Waals surface area (Å²) in [5.41, 5.74) is 2.38. The van der Waals surface area contributed by atoms with Crippen LogP contribution in [0.3, 0.4) is 0 Å². The molecule has 33 heavy (non-hydrogen) atoms. The van der Waals surface area contributed by atoms with Gasteiger partial charge in [0, 0.05) is 18.1 Å². The fraction of sp³-hybridized carbons (Fsp3) is 0.292. The van der Waals surface area contributed by atoms with Gasteiger partial charge in [-0.1, -0.05) is 35.3 Å². The number of hydrogen-bond donors (Lipinski definition) is 1. The normalized spacial score (nSPS) is 15.8. The summed E-state index contributed by atoms with van der Waals surface area (Å²) >= 11 is 12.1. The molecule has 3 aromatic rings. The molecule has 4 rings (SSSR count). The second-order valence-electron chi connectivity index (χ2n) is 8.26. The number of hydrogen-bond acceptors (Lipinski definition) is 3. The first-order valence-corrected chi connectivity index (χ1v) is 12.7. The maximum Gasteiger partial charge on any atom is 0.307 e. The molecule has 9 heteroatoms. The van der Waals surface area contributed by atoms with E-state index in [4.69, 9.17) is 23.2 Å². The molecular weight excluding hydrogens is 488 g/mol. The Morgan fingerprint density at radius 1 is 1.12 bits per heavy atom. The molecule has 3 aromatic carbocycles. The molecule has 0 bridgehead atoms. The van der Waals surface area contributed by atoms with E-state index in [-0.39, 0.29) is 46.2 Å². The topological polar surface area (TPSA) is 74.7 Å². The Morgan fingerprint density at radius 3 is 2.48 bits per heavy atom. The van der Waals surface area contributed by atoms with E-state index >= 15 is 0 Å². The lowest BCUT2D eigenvalue weighted by Gasteiger charge is -2.33. The highest BCUT2D eigenvalue weighted by atomic mass is 35.5. The Balaban J connectivity index is 1.68. The number of carbonyl (C=O) groups is 1. The van der Waals surface area contributed by atoms with Gasteiger partial charge >= 0.3 is 5.97 Å². The number of carboxylic acid groups (broad SMARTS) is 1. The van der Waals surface area contributed by atoms with E-state index in [9.17, 15) is 22.7 Å². The van der Waals surface area contributed by atoms with Gasteiger partial charge < -0.3 is 5.11 Å². The van der Waals surface area contributed by atoms with Crippen molar-refractivity contribution >= 4 is 50.0 Å². The van der Waals surface area contributed by atoms with E-state index in [1.807, 2.05) is 6.92 Å². The summed E-state index contributed by atoms with van der Waals surface area (Å²) in [6, 6.07) is 10.6. The zero-order valence-electron chi connectivity index (χ0n) is 17.8. The van der Waals surface area contributed by atoms with E-state index in [2.05, 4.69) is 0 Å². The van der Waals surface area contributed by atoms with Gasteiger partial charge in [0.2, 0.25) is 10.0 Å². The molecule has 0 unspecified atom stereocenters. The number of aliphatic carboxylic acids is 1. The van der Waals surface area contributed by atoms with Crippen LogP contribution in [0.1, 0.15) is 35.4 Å². The van der Waals surface area contributed by atoms with Crippen LogP contribution in [-0.4, -0.2) is 36.9 Å². The minimum Gasteiger partial charge on any atom is -0.481 e. The number of rotatable bonds is 5. The third-order valence-electron chi connectivity index (χ3n) is 6.24. The van der Waals surface area contributed by atoms with Crippen molar-refractivity contribution in [2.24, 2.45) is 0 Å². The summed E-state index contributed by atoms with van der Waals surface area (Å²) in [7, 11) is -3.82. The average Bonchev–Trinajstić information content (AvgIpc) is 2.76. The Hall–Kier alpha value is -2.19. The molecule has 1 fully saturated rings. The summed E-state index contributed by atoms with van der Waals surface area (Å²) in [6.45, 7) is 2.37. The van der Waals surface area contributed by atoms with Crippen LogP contribution < -0.4 is 0 Å². The molecule has 5 nitrogen and oxygen atoms in total. The maximum absolute atomic E-state index is 14.1. The van der Waals surface area contributed by atoms with E-state index in [0.717, 1.165) is 21.9 Å². The van der Waals surface area contributed by atoms with Crippen molar-refractivity contribution in [3.63, 3.8) is 0 Å². The highest BCUT2D eigenvalue weighted by Gasteiger charge is 2.33. The smallest absolute Gasteiger partial charge is 0.307 e. The Bertz CT molecular complexity index is 1350. The SMILES string of the molecule is Cc1c(CC(=O)O)cc2ccc(F)cc2c1C1CCN(S(=O)(=O)c2cc(Cl)ccc2Cl)CC1. The molecule has 1 N–H and O–H groups in total. The monoisotopic (exact) mass is 509 g/mol. The number of nitrogens with zero attached hydrogens (tertiary/aromatic N) is 1. The number of carboxylic acids is 1. The second-order valence-corrected chi connectivity index (χ2v) is 11.0. The molecule has 0 spiro atoms. The van der Waals surface area contributed by atoms with Gasteiger partial charge in [-0.05, 0) is 83.5 Å². The summed E-state index contributed by atoms with van der Waals surface area (Å²) < 4.78 is 41.8. The van der Waals surface area contributed by atoms with E-state index in [1.165, 1.54) is 34.6 Å². The first-order chi connectivity index (χ1) is 15.6. The van der Waals surface area contributed by atoms with Gasteiger partial charge in [0.1, 0.15) is 10.7 Å². The summed E-state index contributed by atoms with van der Waals surface area (Å²) in [6.07, 6.45) is 0.896. The molecule has 0 amide bonds. The highest BCUT2D eigenvalue weighted by molar-refractivity contribution is 7.89. The van der Waals surface area contributed by atoms with Crippen LogP contribution in [0.2, 0.25) is 10.0 Å². The molecule has 0 aromatic heterocycles. The molecule has 1 aliphatic heterocycles. The van der Waals surface area contributed by atoms with Crippen LogP contribution in [-0.2, 0) is 21.2 Å². The van der Waals surface area contributed by atoms with Crippen molar-refractivity contribution in [2.45, 2.75) is 37.0 Å². The van der Waals surface area contributed by atoms with Gasteiger partial charge in [-0.15, -0.1) is 0 Å². The lowest BCUT2D eigenvalue weighted by atomic mass is 9.82. The van der Waals surface area contributed by atoms with Crippen molar-refractivity contribution in [3.8, 4) is 0 Å². The molecular formula is C24H22Cl2FNO4S. The number of benzene rings is 3. The standard InChI is InChI=1S/C24H22Cl2FNO4S/c1-14-17(11-23(29)30)10-16-2-4-19(27)13-20(16)24(14)15-6-8-28(9-7-15)33(31,32)22-12-18(25)3-5-21(22)26/h2-5,10,12-13,15H,6-9,11H2,1H3,(H,29,30). The number of piperidine rings is 1. The lowest BCUT2D eigenvalue weighted by Crippen LogP contribution is -2.38. The first-order valence-electron chi connectivity index (χ1n) is 10.5. The van der Waals surface area contributed by atoms with Gasteiger partial charge in [-0.25, -0.2) is 12.8 Å².